The van der Waals surface area contributed by atoms with Gasteiger partial charge in [-0.05, 0) is 116 Å². The third-order valence-electron chi connectivity index (χ3n) is 8.48. The fraction of sp³-hybridized carbons (Fsp3) is 0.368. The fourth-order valence-corrected chi connectivity index (χ4v) is 6.90. The smallest absolute Gasteiger partial charge is 0.348 e. The lowest BCUT2D eigenvalue weighted by molar-refractivity contribution is -0.380. The van der Waals surface area contributed by atoms with Gasteiger partial charge in [0.05, 0.1) is 39.7 Å². The zero-order valence-electron chi connectivity index (χ0n) is 31.4. The average Bonchev–Trinajstić information content (AvgIpc) is 3.52. The fourth-order valence-electron chi connectivity index (χ4n) is 5.67. The predicted molar refractivity (Wildman–Crippen MR) is 223 cm³/mol. The Hall–Kier alpha value is -5.02. The molecule has 0 saturated heterocycles. The van der Waals surface area contributed by atoms with Crippen molar-refractivity contribution in [1.82, 2.24) is 10.3 Å². The number of nitrogens with zero attached hydrogens (tertiary/aromatic N) is 2. The molecule has 4 rings (SSSR count). The molecule has 3 aromatic carbocycles. The average molecular weight is 925 g/mol. The van der Waals surface area contributed by atoms with Crippen LogP contribution in [0.15, 0.2) is 42.5 Å². The second kappa shape index (κ2) is 22.1. The molecule has 7 N–H and O–H groups in total. The number of ether oxygens (including phenoxy) is 1. The summed E-state index contributed by atoms with van der Waals surface area (Å²) in [6, 6.07) is 10.1. The van der Waals surface area contributed by atoms with Crippen LogP contribution >= 0.6 is 33.9 Å². The number of halogens is 4. The zero-order valence-corrected chi connectivity index (χ0v) is 34.3. The normalized spacial score (nSPS) is 10.9. The molecule has 14 nitrogen and oxygen atoms in total. The molecular formula is C38H44F3IN8O6S. The van der Waals surface area contributed by atoms with Crippen LogP contribution < -0.4 is 37.1 Å². The van der Waals surface area contributed by atoms with Crippen LogP contribution in [-0.4, -0.2) is 53.9 Å². The summed E-state index contributed by atoms with van der Waals surface area (Å²) in [5.41, 5.74) is 5.75. The lowest BCUT2D eigenvalue weighted by Gasteiger charge is -2.16. The minimum absolute atomic E-state index is 0.0670. The van der Waals surface area contributed by atoms with Crippen molar-refractivity contribution in [3.63, 3.8) is 0 Å². The van der Waals surface area contributed by atoms with Gasteiger partial charge in [-0.3, -0.25) is 29.8 Å². The number of nitrogens with one attached hydrogen (secondary N) is 5. The number of aryl methyl sites for hydroxylation is 1. The Morgan fingerprint density at radius 2 is 1.56 bits per heavy atom. The number of nitrogens with two attached hydrogens (primary N) is 1. The number of carbonyl (C=O) groups excluding carboxylic acids is 3. The second-order valence-corrected chi connectivity index (χ2v) is 15.2. The summed E-state index contributed by atoms with van der Waals surface area (Å²) in [6.07, 6.45) is 7.75. The topological polar surface area (TPSA) is 203 Å². The summed E-state index contributed by atoms with van der Waals surface area (Å²) in [5.74, 6) is -5.82. The minimum Gasteiger partial charge on any atom is -0.490 e. The number of aromatic nitrogens is 1. The largest absolute Gasteiger partial charge is 0.490 e. The quantitative estimate of drug-likeness (QED) is 0.0181. The summed E-state index contributed by atoms with van der Waals surface area (Å²) >= 11 is 2.67. The van der Waals surface area contributed by atoms with Gasteiger partial charge in [-0.25, -0.2) is 13.8 Å². The molecule has 57 heavy (non-hydrogen) atoms. The van der Waals surface area contributed by atoms with E-state index >= 15 is 0 Å². The SMILES string of the molecule is CC(=O)Nc1cc(NCCCCCCCCCNCCCOc2cc(C(N)=O)c(Nc3ccc(I)cc3F)c(F)c2F)ccc1C(=O)Nc1nc(C)c([N+](=O)[O-])s1. The third kappa shape index (κ3) is 13.6. The van der Waals surface area contributed by atoms with Gasteiger partial charge in [0.1, 0.15) is 11.5 Å². The first-order valence-corrected chi connectivity index (χ1v) is 20.1. The summed E-state index contributed by atoms with van der Waals surface area (Å²) in [6.45, 7) is 4.98. The number of carbonyl (C=O) groups is 3. The molecular weight excluding hydrogens is 880 g/mol. The Kier molecular flexibility index (Phi) is 17.3. The van der Waals surface area contributed by atoms with Crippen LogP contribution in [0.1, 0.15) is 84.7 Å². The summed E-state index contributed by atoms with van der Waals surface area (Å²) in [4.78, 5) is 51.4. The first kappa shape index (κ1) is 44.7. The van der Waals surface area contributed by atoms with Crippen molar-refractivity contribution >= 4 is 84.5 Å². The zero-order chi connectivity index (χ0) is 41.5. The number of hydrogen-bond acceptors (Lipinski definition) is 11. The van der Waals surface area contributed by atoms with E-state index in [0.717, 1.165) is 74.6 Å². The summed E-state index contributed by atoms with van der Waals surface area (Å²) in [5, 5.41) is 25.4. The van der Waals surface area contributed by atoms with Crippen molar-refractivity contribution in [3.8, 4) is 5.75 Å². The number of unbranched alkanes of at least 4 members (excludes halogenated alkanes) is 6. The van der Waals surface area contributed by atoms with E-state index in [1.807, 2.05) is 22.6 Å². The van der Waals surface area contributed by atoms with Crippen LogP contribution in [0.25, 0.3) is 0 Å². The molecule has 0 bridgehead atoms. The standard InChI is InChI=1S/C38H44F3IN8O6S/c1-22-37(50(54)55)57-38(46-22)49-36(53)26-13-12-25(20-30(26)47-23(2)51)45-17-9-7-5-3-4-6-8-15-44-16-10-18-56-31-21-27(35(43)52)34(33(41)32(31)40)48-29-14-11-24(42)19-28(29)39/h11-14,19-21,44-45,48H,3-10,15-18H2,1-2H3,(H2,43,52)(H,47,51)(H,46,49,53). The Bertz CT molecular complexity index is 2070. The number of benzene rings is 3. The van der Waals surface area contributed by atoms with Crippen LogP contribution in [0.3, 0.4) is 0 Å². The number of amides is 3. The van der Waals surface area contributed by atoms with Crippen molar-refractivity contribution in [3.05, 3.63) is 90.4 Å². The van der Waals surface area contributed by atoms with Crippen molar-refractivity contribution in [1.29, 1.82) is 0 Å². The maximum absolute atomic E-state index is 15.0. The van der Waals surface area contributed by atoms with E-state index in [4.69, 9.17) is 10.5 Å². The molecule has 0 radical (unpaired) electrons. The first-order chi connectivity index (χ1) is 27.2. The highest BCUT2D eigenvalue weighted by Crippen LogP contribution is 2.34. The van der Waals surface area contributed by atoms with Crippen LogP contribution in [-0.2, 0) is 4.79 Å². The van der Waals surface area contributed by atoms with Gasteiger partial charge in [-0.2, -0.15) is 4.39 Å². The molecule has 3 amide bonds. The van der Waals surface area contributed by atoms with Crippen molar-refractivity contribution in [2.24, 2.45) is 5.73 Å². The first-order valence-electron chi connectivity index (χ1n) is 18.2. The number of rotatable bonds is 23. The van der Waals surface area contributed by atoms with Crippen molar-refractivity contribution in [2.75, 3.05) is 47.5 Å². The molecule has 1 aromatic heterocycles. The van der Waals surface area contributed by atoms with Gasteiger partial charge in [-0.15, -0.1) is 0 Å². The molecule has 0 spiro atoms. The van der Waals surface area contributed by atoms with E-state index in [9.17, 15) is 37.7 Å². The van der Waals surface area contributed by atoms with E-state index in [0.29, 0.717) is 28.8 Å². The Morgan fingerprint density at radius 1 is 0.877 bits per heavy atom. The van der Waals surface area contributed by atoms with E-state index in [1.165, 1.54) is 26.0 Å². The molecule has 0 aliphatic heterocycles. The van der Waals surface area contributed by atoms with Gasteiger partial charge < -0.3 is 31.7 Å². The summed E-state index contributed by atoms with van der Waals surface area (Å²) < 4.78 is 50.1. The molecule has 19 heteroatoms. The lowest BCUT2D eigenvalue weighted by atomic mass is 10.1. The predicted octanol–water partition coefficient (Wildman–Crippen LogP) is 8.64. The van der Waals surface area contributed by atoms with Crippen molar-refractivity contribution in [2.45, 2.75) is 65.2 Å². The molecule has 0 aliphatic rings. The Labute approximate surface area is 345 Å². The Balaban J connectivity index is 1.07. The van der Waals surface area contributed by atoms with E-state index in [-0.39, 0.29) is 45.2 Å². The number of anilines is 5. The number of thiazole rings is 1. The van der Waals surface area contributed by atoms with Crippen molar-refractivity contribution < 1.29 is 37.2 Å². The van der Waals surface area contributed by atoms with Gasteiger partial charge in [0.25, 0.3) is 11.8 Å². The van der Waals surface area contributed by atoms with Crippen LogP contribution in [0.4, 0.5) is 46.1 Å². The van der Waals surface area contributed by atoms with Gasteiger partial charge in [0, 0.05) is 22.7 Å². The number of primary amides is 1. The van der Waals surface area contributed by atoms with Crippen LogP contribution in [0.2, 0.25) is 0 Å². The maximum atomic E-state index is 15.0. The third-order valence-corrected chi connectivity index (χ3v) is 10.2. The summed E-state index contributed by atoms with van der Waals surface area (Å²) in [7, 11) is 0. The number of hydrogen-bond donors (Lipinski definition) is 6. The molecule has 0 fully saturated rings. The van der Waals surface area contributed by atoms with Gasteiger partial charge >= 0.3 is 5.00 Å². The second-order valence-electron chi connectivity index (χ2n) is 13.0. The van der Waals surface area contributed by atoms with Crippen LogP contribution in [0.5, 0.6) is 5.75 Å². The monoisotopic (exact) mass is 924 g/mol. The molecule has 1 heterocycles. The highest BCUT2D eigenvalue weighted by Gasteiger charge is 2.24. The lowest BCUT2D eigenvalue weighted by Crippen LogP contribution is -2.19. The van der Waals surface area contributed by atoms with Gasteiger partial charge in [0.2, 0.25) is 11.7 Å². The molecule has 0 unspecified atom stereocenters. The molecule has 0 atom stereocenters. The van der Waals surface area contributed by atoms with E-state index in [1.54, 1.807) is 24.3 Å². The highest BCUT2D eigenvalue weighted by atomic mass is 127. The molecule has 0 saturated carbocycles. The molecule has 306 valence electrons. The number of nitro groups is 1. The highest BCUT2D eigenvalue weighted by molar-refractivity contribution is 14.1. The van der Waals surface area contributed by atoms with Crippen LogP contribution in [0, 0.1) is 38.1 Å². The van der Waals surface area contributed by atoms with E-state index < -0.39 is 45.6 Å². The molecule has 4 aromatic rings. The van der Waals surface area contributed by atoms with E-state index in [2.05, 4.69) is 31.6 Å². The maximum Gasteiger partial charge on any atom is 0.348 e. The molecule has 0 aliphatic carbocycles. The van der Waals surface area contributed by atoms with Gasteiger partial charge in [-0.1, -0.05) is 32.1 Å². The Morgan fingerprint density at radius 3 is 2.21 bits per heavy atom. The van der Waals surface area contributed by atoms with Gasteiger partial charge in [0.15, 0.2) is 16.7 Å². The minimum atomic E-state index is -1.40.